The van der Waals surface area contributed by atoms with Crippen molar-refractivity contribution in [3.8, 4) is 0 Å². The van der Waals surface area contributed by atoms with Crippen LogP contribution in [0.3, 0.4) is 0 Å². The van der Waals surface area contributed by atoms with Crippen molar-refractivity contribution in [3.05, 3.63) is 65.7 Å². The number of hydrogen-bond acceptors (Lipinski definition) is 2. The minimum absolute atomic E-state index is 0.101. The molecule has 0 saturated heterocycles. The number of carbonyl (C=O) groups excluding carboxylic acids is 2. The number of unbranched alkanes of at least 4 members (excludes halogenated alkanes) is 2. The van der Waals surface area contributed by atoms with Gasteiger partial charge in [-0.05, 0) is 42.8 Å². The highest BCUT2D eigenvalue weighted by molar-refractivity contribution is 6.05. The van der Waals surface area contributed by atoms with Crippen LogP contribution in [0, 0.1) is 0 Å². The number of benzene rings is 2. The van der Waals surface area contributed by atoms with Crippen molar-refractivity contribution in [1.82, 2.24) is 5.32 Å². The lowest BCUT2D eigenvalue weighted by atomic mass is 10.1. The molecule has 0 aliphatic heterocycles. The van der Waals surface area contributed by atoms with Gasteiger partial charge in [-0.15, -0.1) is 0 Å². The molecule has 0 saturated carbocycles. The van der Waals surface area contributed by atoms with Gasteiger partial charge < -0.3 is 10.6 Å². The Labute approximate surface area is 136 Å². The van der Waals surface area contributed by atoms with Crippen molar-refractivity contribution in [3.63, 3.8) is 0 Å². The van der Waals surface area contributed by atoms with Crippen molar-refractivity contribution >= 4 is 17.5 Å². The van der Waals surface area contributed by atoms with E-state index in [0.717, 1.165) is 24.9 Å². The molecule has 2 aromatic rings. The molecule has 0 unspecified atom stereocenters. The predicted octanol–water partition coefficient (Wildman–Crippen LogP) is 3.86. The second-order valence-corrected chi connectivity index (χ2v) is 5.36. The van der Waals surface area contributed by atoms with Gasteiger partial charge in [0.15, 0.2) is 0 Å². The third kappa shape index (κ3) is 5.25. The zero-order chi connectivity index (χ0) is 16.5. The third-order valence-corrected chi connectivity index (χ3v) is 3.51. The third-order valence-electron chi connectivity index (χ3n) is 3.51. The minimum Gasteiger partial charge on any atom is -0.352 e. The van der Waals surface area contributed by atoms with Crippen LogP contribution in [-0.2, 0) is 0 Å². The first-order chi connectivity index (χ1) is 11.2. The second kappa shape index (κ2) is 8.73. The Morgan fingerprint density at radius 1 is 0.826 bits per heavy atom. The lowest BCUT2D eigenvalue weighted by Crippen LogP contribution is -2.24. The number of anilines is 1. The predicted molar refractivity (Wildman–Crippen MR) is 92.7 cm³/mol. The van der Waals surface area contributed by atoms with Gasteiger partial charge in [-0.25, -0.2) is 0 Å². The number of carbonyl (C=O) groups is 2. The van der Waals surface area contributed by atoms with Crippen molar-refractivity contribution in [2.45, 2.75) is 26.2 Å². The molecule has 23 heavy (non-hydrogen) atoms. The lowest BCUT2D eigenvalue weighted by molar-refractivity contribution is 0.0951. The monoisotopic (exact) mass is 310 g/mol. The molecule has 2 N–H and O–H groups in total. The highest BCUT2D eigenvalue weighted by Crippen LogP contribution is 2.10. The number of hydrogen-bond donors (Lipinski definition) is 2. The average molecular weight is 310 g/mol. The maximum atomic E-state index is 12.1. The van der Waals surface area contributed by atoms with E-state index in [1.54, 1.807) is 24.3 Å². The molecule has 0 aliphatic carbocycles. The van der Waals surface area contributed by atoms with Crippen LogP contribution < -0.4 is 10.6 Å². The largest absolute Gasteiger partial charge is 0.352 e. The van der Waals surface area contributed by atoms with Crippen LogP contribution in [0.4, 0.5) is 5.69 Å². The van der Waals surface area contributed by atoms with Gasteiger partial charge in [0.25, 0.3) is 11.8 Å². The fourth-order valence-corrected chi connectivity index (χ4v) is 2.18. The minimum atomic E-state index is -0.189. The SMILES string of the molecule is CCCCCNC(=O)c1ccc(C(=O)Nc2ccccc2)cc1. The zero-order valence-electron chi connectivity index (χ0n) is 13.3. The van der Waals surface area contributed by atoms with Crippen LogP contribution in [0.1, 0.15) is 46.9 Å². The van der Waals surface area contributed by atoms with Gasteiger partial charge in [0.2, 0.25) is 0 Å². The standard InChI is InChI=1S/C19H22N2O2/c1-2-3-7-14-20-18(22)15-10-12-16(13-11-15)19(23)21-17-8-5-4-6-9-17/h4-6,8-13H,2-3,7,14H2,1H3,(H,20,22)(H,21,23). The fraction of sp³-hybridized carbons (Fsp3) is 0.263. The first kappa shape index (κ1) is 16.7. The highest BCUT2D eigenvalue weighted by Gasteiger charge is 2.08. The van der Waals surface area contributed by atoms with Crippen molar-refractivity contribution in [2.24, 2.45) is 0 Å². The fourth-order valence-electron chi connectivity index (χ4n) is 2.18. The lowest BCUT2D eigenvalue weighted by Gasteiger charge is -2.07. The van der Waals surface area contributed by atoms with Crippen LogP contribution in [0.5, 0.6) is 0 Å². The van der Waals surface area contributed by atoms with E-state index in [9.17, 15) is 9.59 Å². The van der Waals surface area contributed by atoms with E-state index in [2.05, 4.69) is 17.6 Å². The first-order valence-corrected chi connectivity index (χ1v) is 7.95. The van der Waals surface area contributed by atoms with Gasteiger partial charge in [0.1, 0.15) is 0 Å². The van der Waals surface area contributed by atoms with E-state index in [-0.39, 0.29) is 11.8 Å². The summed E-state index contributed by atoms with van der Waals surface area (Å²) in [6.45, 7) is 2.81. The molecule has 2 aromatic carbocycles. The second-order valence-electron chi connectivity index (χ2n) is 5.36. The number of nitrogens with one attached hydrogen (secondary N) is 2. The van der Waals surface area contributed by atoms with Crippen LogP contribution in [0.15, 0.2) is 54.6 Å². The molecule has 0 fully saturated rings. The van der Waals surface area contributed by atoms with Gasteiger partial charge >= 0.3 is 0 Å². The Morgan fingerprint density at radius 3 is 2.04 bits per heavy atom. The average Bonchev–Trinajstić information content (AvgIpc) is 2.59. The normalized spacial score (nSPS) is 10.1. The van der Waals surface area contributed by atoms with E-state index in [1.165, 1.54) is 0 Å². The molecule has 120 valence electrons. The molecule has 2 rings (SSSR count). The van der Waals surface area contributed by atoms with Crippen molar-refractivity contribution in [2.75, 3.05) is 11.9 Å². The van der Waals surface area contributed by atoms with Gasteiger partial charge in [-0.2, -0.15) is 0 Å². The summed E-state index contributed by atoms with van der Waals surface area (Å²) in [5.74, 6) is -0.290. The Bertz CT molecular complexity index is 636. The van der Waals surface area contributed by atoms with Crippen LogP contribution in [0.25, 0.3) is 0 Å². The molecule has 0 spiro atoms. The Balaban J connectivity index is 1.91. The molecule has 4 heteroatoms. The summed E-state index contributed by atoms with van der Waals surface area (Å²) in [5.41, 5.74) is 1.84. The smallest absolute Gasteiger partial charge is 0.255 e. The quantitative estimate of drug-likeness (QED) is 0.763. The zero-order valence-corrected chi connectivity index (χ0v) is 13.3. The highest BCUT2D eigenvalue weighted by atomic mass is 16.2. The molecular weight excluding hydrogens is 288 g/mol. The van der Waals surface area contributed by atoms with Crippen molar-refractivity contribution in [1.29, 1.82) is 0 Å². The molecule has 0 atom stereocenters. The van der Waals surface area contributed by atoms with Gasteiger partial charge in [-0.1, -0.05) is 38.0 Å². The first-order valence-electron chi connectivity index (χ1n) is 7.95. The summed E-state index contributed by atoms with van der Waals surface area (Å²) < 4.78 is 0. The summed E-state index contributed by atoms with van der Waals surface area (Å²) in [7, 11) is 0. The molecule has 2 amide bonds. The number of amides is 2. The van der Waals surface area contributed by atoms with Crippen LogP contribution in [-0.4, -0.2) is 18.4 Å². The Hall–Kier alpha value is -2.62. The Morgan fingerprint density at radius 2 is 1.43 bits per heavy atom. The topological polar surface area (TPSA) is 58.2 Å². The molecule has 0 aromatic heterocycles. The van der Waals surface area contributed by atoms with E-state index < -0.39 is 0 Å². The summed E-state index contributed by atoms with van der Waals surface area (Å²) in [6.07, 6.45) is 3.22. The van der Waals surface area contributed by atoms with Gasteiger partial charge in [0, 0.05) is 23.4 Å². The summed E-state index contributed by atoms with van der Waals surface area (Å²) in [5, 5.41) is 5.70. The molecule has 0 heterocycles. The van der Waals surface area contributed by atoms with Crippen LogP contribution >= 0.6 is 0 Å². The van der Waals surface area contributed by atoms with Crippen LogP contribution in [0.2, 0.25) is 0 Å². The maximum absolute atomic E-state index is 12.1. The molecule has 0 bridgehead atoms. The molecule has 0 radical (unpaired) electrons. The van der Waals surface area contributed by atoms with E-state index in [0.29, 0.717) is 17.7 Å². The number of rotatable bonds is 7. The van der Waals surface area contributed by atoms with E-state index >= 15 is 0 Å². The summed E-state index contributed by atoms with van der Waals surface area (Å²) in [4.78, 5) is 24.1. The van der Waals surface area contributed by atoms with E-state index in [1.807, 2.05) is 30.3 Å². The molecule has 4 nitrogen and oxygen atoms in total. The summed E-state index contributed by atoms with van der Waals surface area (Å²) >= 11 is 0. The van der Waals surface area contributed by atoms with Crippen molar-refractivity contribution < 1.29 is 9.59 Å². The molecule has 0 aliphatic rings. The van der Waals surface area contributed by atoms with Gasteiger partial charge in [0.05, 0.1) is 0 Å². The van der Waals surface area contributed by atoms with Gasteiger partial charge in [-0.3, -0.25) is 9.59 Å². The Kier molecular flexibility index (Phi) is 6.36. The number of para-hydroxylation sites is 1. The van der Waals surface area contributed by atoms with E-state index in [4.69, 9.17) is 0 Å². The molecular formula is C19H22N2O2. The summed E-state index contributed by atoms with van der Waals surface area (Å²) in [6, 6.07) is 16.0. The maximum Gasteiger partial charge on any atom is 0.255 e.